The van der Waals surface area contributed by atoms with Crippen molar-refractivity contribution in [2.75, 3.05) is 10.6 Å². The molecule has 0 atom stereocenters. The third-order valence-corrected chi connectivity index (χ3v) is 4.64. The molecule has 5 nitrogen and oxygen atoms in total. The van der Waals surface area contributed by atoms with Gasteiger partial charge in [-0.05, 0) is 68.1 Å². The molecule has 0 bridgehead atoms. The van der Waals surface area contributed by atoms with Crippen LogP contribution in [-0.4, -0.2) is 15.6 Å². The Morgan fingerprint density at radius 3 is 1.82 bits per heavy atom. The molecular weight excluding hydrogens is 429 g/mol. The van der Waals surface area contributed by atoms with Crippen LogP contribution in [-0.2, 0) is 11.6 Å². The molecule has 8 heteroatoms. The van der Waals surface area contributed by atoms with Gasteiger partial charge in [0.15, 0.2) is 0 Å². The number of benzene rings is 2. The number of hydrogen-bond acceptors (Lipinski definition) is 5. The molecular formula is C25H29F3N4O. The average Bonchev–Trinajstić information content (AvgIpc) is 2.67. The van der Waals surface area contributed by atoms with Crippen LogP contribution in [0.2, 0.25) is 0 Å². The molecule has 0 saturated heterocycles. The molecule has 0 spiro atoms. The summed E-state index contributed by atoms with van der Waals surface area (Å²) in [7, 11) is 0. The molecule has 0 aliphatic rings. The number of anilines is 4. The molecule has 0 amide bonds. The fourth-order valence-corrected chi connectivity index (χ4v) is 3.02. The molecule has 33 heavy (non-hydrogen) atoms. The van der Waals surface area contributed by atoms with E-state index in [0.29, 0.717) is 17.1 Å². The van der Waals surface area contributed by atoms with E-state index in [0.717, 1.165) is 11.8 Å². The van der Waals surface area contributed by atoms with E-state index in [9.17, 15) is 13.2 Å². The lowest BCUT2D eigenvalue weighted by Crippen LogP contribution is -2.22. The Kier molecular flexibility index (Phi) is 6.58. The molecule has 1 heterocycles. The summed E-state index contributed by atoms with van der Waals surface area (Å²) in [6, 6.07) is 14.3. The fourth-order valence-electron chi connectivity index (χ4n) is 3.02. The topological polar surface area (TPSA) is 59.1 Å². The van der Waals surface area contributed by atoms with Gasteiger partial charge in [0.1, 0.15) is 22.7 Å². The van der Waals surface area contributed by atoms with Crippen molar-refractivity contribution < 1.29 is 17.9 Å². The lowest BCUT2D eigenvalue weighted by atomic mass is 9.87. The number of hydrogen-bond donors (Lipinski definition) is 2. The van der Waals surface area contributed by atoms with Gasteiger partial charge in [0.25, 0.3) is 0 Å². The second kappa shape index (κ2) is 8.92. The minimum atomic E-state index is -4.61. The number of nitrogens with zero attached hydrogens (tertiary/aromatic N) is 2. The quantitative estimate of drug-likeness (QED) is 0.416. The molecule has 0 fully saturated rings. The van der Waals surface area contributed by atoms with Crippen LogP contribution >= 0.6 is 0 Å². The van der Waals surface area contributed by atoms with Gasteiger partial charge in [0.05, 0.1) is 0 Å². The molecule has 176 valence electrons. The van der Waals surface area contributed by atoms with E-state index in [1.165, 1.54) is 0 Å². The molecule has 0 saturated carbocycles. The Labute approximate surface area is 192 Å². The first-order valence-electron chi connectivity index (χ1n) is 10.6. The van der Waals surface area contributed by atoms with Gasteiger partial charge in [-0.2, -0.15) is 18.2 Å². The standard InChI is InChI=1S/C25H29F3N4O/c1-23(2,3)16-7-9-18(10-8-16)31-22-29-15-20(25(26,27)28)21(32-22)30-17-11-13-19(14-12-17)33-24(4,5)6/h7-15H,1-6H3,(H2,29,30,31,32). The van der Waals surface area contributed by atoms with Crippen LogP contribution in [0.5, 0.6) is 5.75 Å². The summed E-state index contributed by atoms with van der Waals surface area (Å²) in [6.45, 7) is 12.1. The molecule has 0 aliphatic heterocycles. The lowest BCUT2D eigenvalue weighted by Gasteiger charge is -2.21. The van der Waals surface area contributed by atoms with E-state index in [2.05, 4.69) is 41.4 Å². The van der Waals surface area contributed by atoms with Gasteiger partial charge < -0.3 is 15.4 Å². The third kappa shape index (κ3) is 6.84. The molecule has 0 unspecified atom stereocenters. The van der Waals surface area contributed by atoms with E-state index in [1.807, 2.05) is 45.0 Å². The second-order valence-electron chi connectivity index (χ2n) is 9.77. The lowest BCUT2D eigenvalue weighted by molar-refractivity contribution is -0.137. The first-order chi connectivity index (χ1) is 15.2. The maximum Gasteiger partial charge on any atom is 0.421 e. The highest BCUT2D eigenvalue weighted by atomic mass is 19.4. The number of ether oxygens (including phenoxy) is 1. The normalized spacial score (nSPS) is 12.4. The van der Waals surface area contributed by atoms with Crippen LogP contribution < -0.4 is 15.4 Å². The summed E-state index contributed by atoms with van der Waals surface area (Å²) < 4.78 is 46.4. The van der Waals surface area contributed by atoms with Gasteiger partial charge in [-0.25, -0.2) is 4.98 Å². The predicted octanol–water partition coefficient (Wildman–Crippen LogP) is 7.46. The number of rotatable bonds is 5. The monoisotopic (exact) mass is 458 g/mol. The second-order valence-corrected chi connectivity index (χ2v) is 9.77. The SMILES string of the molecule is CC(C)(C)Oc1ccc(Nc2nc(Nc3ccc(C(C)(C)C)cc3)ncc2C(F)(F)F)cc1. The summed E-state index contributed by atoms with van der Waals surface area (Å²) in [5.74, 6) is 0.338. The minimum absolute atomic E-state index is 0.00601. The van der Waals surface area contributed by atoms with Crippen molar-refractivity contribution in [1.82, 2.24) is 9.97 Å². The molecule has 3 rings (SSSR count). The van der Waals surface area contributed by atoms with Crippen LogP contribution in [0, 0.1) is 0 Å². The summed E-state index contributed by atoms with van der Waals surface area (Å²) >= 11 is 0. The largest absolute Gasteiger partial charge is 0.488 e. The highest BCUT2D eigenvalue weighted by molar-refractivity contribution is 5.63. The van der Waals surface area contributed by atoms with Gasteiger partial charge in [0, 0.05) is 17.6 Å². The molecule has 0 radical (unpaired) electrons. The van der Waals surface area contributed by atoms with Crippen LogP contribution in [0.3, 0.4) is 0 Å². The highest BCUT2D eigenvalue weighted by Crippen LogP contribution is 2.36. The van der Waals surface area contributed by atoms with Crippen LogP contribution in [0.4, 0.5) is 36.3 Å². The Bertz CT molecular complexity index is 1080. The Hall–Kier alpha value is -3.29. The molecule has 3 aromatic rings. The molecule has 1 aromatic heterocycles. The highest BCUT2D eigenvalue weighted by Gasteiger charge is 2.35. The zero-order valence-corrected chi connectivity index (χ0v) is 19.6. The maximum atomic E-state index is 13.6. The zero-order valence-electron chi connectivity index (χ0n) is 19.6. The minimum Gasteiger partial charge on any atom is -0.488 e. The van der Waals surface area contributed by atoms with Gasteiger partial charge in [-0.3, -0.25) is 0 Å². The van der Waals surface area contributed by atoms with Gasteiger partial charge in [-0.15, -0.1) is 0 Å². The van der Waals surface area contributed by atoms with E-state index < -0.39 is 11.7 Å². The van der Waals surface area contributed by atoms with Crippen molar-refractivity contribution in [2.24, 2.45) is 0 Å². The Balaban J connectivity index is 1.85. The van der Waals surface area contributed by atoms with Gasteiger partial charge in [-0.1, -0.05) is 32.9 Å². The van der Waals surface area contributed by atoms with Crippen molar-refractivity contribution in [3.63, 3.8) is 0 Å². The third-order valence-electron chi connectivity index (χ3n) is 4.64. The predicted molar refractivity (Wildman–Crippen MR) is 126 cm³/mol. The summed E-state index contributed by atoms with van der Waals surface area (Å²) in [4.78, 5) is 7.96. The van der Waals surface area contributed by atoms with Crippen molar-refractivity contribution >= 4 is 23.1 Å². The maximum absolute atomic E-state index is 13.6. The van der Waals surface area contributed by atoms with E-state index >= 15 is 0 Å². The number of nitrogens with one attached hydrogen (secondary N) is 2. The van der Waals surface area contributed by atoms with Crippen molar-refractivity contribution in [2.45, 2.75) is 58.7 Å². The molecule has 2 N–H and O–H groups in total. The molecule has 2 aromatic carbocycles. The van der Waals surface area contributed by atoms with E-state index in [4.69, 9.17) is 4.74 Å². The summed E-state index contributed by atoms with van der Waals surface area (Å²) in [5, 5.41) is 5.73. The van der Waals surface area contributed by atoms with E-state index in [1.54, 1.807) is 24.3 Å². The summed E-state index contributed by atoms with van der Waals surface area (Å²) in [5.41, 5.74) is 0.928. The number of halogens is 3. The average molecular weight is 459 g/mol. The number of aromatic nitrogens is 2. The first-order valence-corrected chi connectivity index (χ1v) is 10.6. The van der Waals surface area contributed by atoms with Crippen LogP contribution in [0.1, 0.15) is 52.7 Å². The van der Waals surface area contributed by atoms with Crippen LogP contribution in [0.25, 0.3) is 0 Å². The number of alkyl halides is 3. The van der Waals surface area contributed by atoms with Crippen LogP contribution in [0.15, 0.2) is 54.7 Å². The summed E-state index contributed by atoms with van der Waals surface area (Å²) in [6.07, 6.45) is -3.83. The van der Waals surface area contributed by atoms with Crippen molar-refractivity contribution in [3.8, 4) is 5.75 Å². The first kappa shape index (κ1) is 24.4. The Morgan fingerprint density at radius 2 is 1.30 bits per heavy atom. The zero-order chi connectivity index (χ0) is 24.4. The van der Waals surface area contributed by atoms with Gasteiger partial charge in [0.2, 0.25) is 5.95 Å². The van der Waals surface area contributed by atoms with Gasteiger partial charge >= 0.3 is 6.18 Å². The van der Waals surface area contributed by atoms with Crippen molar-refractivity contribution in [3.05, 3.63) is 65.9 Å². The van der Waals surface area contributed by atoms with E-state index in [-0.39, 0.29) is 22.8 Å². The molecule has 0 aliphatic carbocycles. The Morgan fingerprint density at radius 1 is 0.758 bits per heavy atom. The smallest absolute Gasteiger partial charge is 0.421 e. The fraction of sp³-hybridized carbons (Fsp3) is 0.360. The van der Waals surface area contributed by atoms with Crippen molar-refractivity contribution in [1.29, 1.82) is 0 Å².